The lowest BCUT2D eigenvalue weighted by Gasteiger charge is -2.23. The third kappa shape index (κ3) is 6.87. The fourth-order valence-electron chi connectivity index (χ4n) is 1.56. The van der Waals surface area contributed by atoms with Crippen LogP contribution in [0.1, 0.15) is 25.3 Å². The van der Waals surface area contributed by atoms with Gasteiger partial charge in [-0.1, -0.05) is 30.3 Å². The first kappa shape index (κ1) is 15.3. The number of hydrogen-bond donors (Lipinski definition) is 0. The van der Waals surface area contributed by atoms with Crippen LogP contribution in [0, 0.1) is 0 Å². The summed E-state index contributed by atoms with van der Waals surface area (Å²) >= 11 is 5.80. The molecule has 1 rings (SSSR count). The van der Waals surface area contributed by atoms with Crippen molar-refractivity contribution < 1.29 is 17.9 Å². The van der Waals surface area contributed by atoms with Crippen molar-refractivity contribution in [3.05, 3.63) is 35.9 Å². The van der Waals surface area contributed by atoms with Gasteiger partial charge in [0, 0.05) is 6.61 Å². The number of halogens is 4. The summed E-state index contributed by atoms with van der Waals surface area (Å²) in [7, 11) is 0. The lowest BCUT2D eigenvalue weighted by atomic mass is 10.0. The molecular formula is C13H16ClF3O. The van der Waals surface area contributed by atoms with E-state index < -0.39 is 17.5 Å². The Morgan fingerprint density at radius 3 is 2.33 bits per heavy atom. The lowest BCUT2D eigenvalue weighted by molar-refractivity contribution is -0.141. The van der Waals surface area contributed by atoms with Gasteiger partial charge in [-0.25, -0.2) is 0 Å². The van der Waals surface area contributed by atoms with Crippen molar-refractivity contribution in [1.29, 1.82) is 0 Å². The minimum Gasteiger partial charge on any atom is -0.377 e. The molecule has 0 saturated heterocycles. The van der Waals surface area contributed by atoms with E-state index in [1.165, 1.54) is 6.92 Å². The first-order chi connectivity index (χ1) is 8.29. The molecule has 0 saturated carbocycles. The number of alkyl halides is 4. The quantitative estimate of drug-likeness (QED) is 0.549. The Morgan fingerprint density at radius 2 is 1.78 bits per heavy atom. The van der Waals surface area contributed by atoms with Crippen molar-refractivity contribution in [2.75, 3.05) is 6.61 Å². The smallest absolute Gasteiger partial charge is 0.377 e. The lowest BCUT2D eigenvalue weighted by Crippen LogP contribution is -2.27. The average molecular weight is 281 g/mol. The predicted molar refractivity (Wildman–Crippen MR) is 65.6 cm³/mol. The molecule has 1 nitrogen and oxygen atoms in total. The maximum atomic E-state index is 12.2. The van der Waals surface area contributed by atoms with Crippen molar-refractivity contribution in [2.24, 2.45) is 0 Å². The number of hydrogen-bond acceptors (Lipinski definition) is 1. The zero-order valence-electron chi connectivity index (χ0n) is 10.1. The molecule has 5 heteroatoms. The van der Waals surface area contributed by atoms with Crippen molar-refractivity contribution in [3.63, 3.8) is 0 Å². The second-order valence-electron chi connectivity index (χ2n) is 4.49. The van der Waals surface area contributed by atoms with Crippen LogP contribution in [-0.4, -0.2) is 17.7 Å². The van der Waals surface area contributed by atoms with Crippen molar-refractivity contribution in [1.82, 2.24) is 0 Å². The van der Waals surface area contributed by atoms with Crippen molar-refractivity contribution in [3.8, 4) is 0 Å². The van der Waals surface area contributed by atoms with Gasteiger partial charge in [-0.05, 0) is 18.9 Å². The Hall–Kier alpha value is -0.740. The minimum atomic E-state index is -4.24. The third-order valence-electron chi connectivity index (χ3n) is 2.45. The molecule has 1 unspecified atom stereocenters. The van der Waals surface area contributed by atoms with Gasteiger partial charge in [0.25, 0.3) is 0 Å². The van der Waals surface area contributed by atoms with Crippen LogP contribution < -0.4 is 0 Å². The Kier molecular flexibility index (Phi) is 5.47. The van der Waals surface area contributed by atoms with Crippen LogP contribution in [0.25, 0.3) is 0 Å². The molecule has 0 aliphatic carbocycles. The summed E-state index contributed by atoms with van der Waals surface area (Å²) in [5.41, 5.74) is 0.990. The fraction of sp³-hybridized carbons (Fsp3) is 0.538. The van der Waals surface area contributed by atoms with E-state index in [2.05, 4.69) is 0 Å². The van der Waals surface area contributed by atoms with Crippen LogP contribution in [0.3, 0.4) is 0 Å². The second-order valence-corrected chi connectivity index (χ2v) is 5.41. The molecular weight excluding hydrogens is 265 g/mol. The summed E-state index contributed by atoms with van der Waals surface area (Å²) in [6.07, 6.45) is -5.08. The Bertz CT molecular complexity index is 349. The predicted octanol–water partition coefficient (Wildman–Crippen LogP) is 4.54. The molecule has 18 heavy (non-hydrogen) atoms. The third-order valence-corrected chi connectivity index (χ3v) is 2.77. The molecule has 1 atom stereocenters. The van der Waals surface area contributed by atoms with Gasteiger partial charge in [0.05, 0.1) is 17.9 Å². The number of rotatable bonds is 6. The molecule has 0 spiro atoms. The summed E-state index contributed by atoms with van der Waals surface area (Å²) < 4.78 is 41.9. The van der Waals surface area contributed by atoms with Gasteiger partial charge in [0.2, 0.25) is 0 Å². The van der Waals surface area contributed by atoms with E-state index in [1.54, 1.807) is 0 Å². The maximum Gasteiger partial charge on any atom is 0.390 e. The van der Waals surface area contributed by atoms with E-state index in [9.17, 15) is 13.2 Å². The molecule has 0 amide bonds. The van der Waals surface area contributed by atoms with E-state index in [-0.39, 0.29) is 13.0 Å². The molecule has 0 aliphatic rings. The van der Waals surface area contributed by atoms with Crippen LogP contribution in [0.2, 0.25) is 0 Å². The topological polar surface area (TPSA) is 9.23 Å². The highest BCUT2D eigenvalue weighted by atomic mass is 35.5. The van der Waals surface area contributed by atoms with Gasteiger partial charge in [-0.15, -0.1) is 11.6 Å². The Morgan fingerprint density at radius 1 is 1.17 bits per heavy atom. The van der Waals surface area contributed by atoms with Crippen LogP contribution >= 0.6 is 11.6 Å². The summed E-state index contributed by atoms with van der Waals surface area (Å²) in [4.78, 5) is -1.30. The van der Waals surface area contributed by atoms with Crippen LogP contribution in [0.5, 0.6) is 0 Å². The van der Waals surface area contributed by atoms with Crippen LogP contribution in [0.15, 0.2) is 30.3 Å². The highest BCUT2D eigenvalue weighted by Crippen LogP contribution is 2.34. The molecule has 102 valence electrons. The zero-order chi connectivity index (χ0) is 13.6. The second kappa shape index (κ2) is 6.43. The molecule has 0 N–H and O–H groups in total. The van der Waals surface area contributed by atoms with E-state index in [4.69, 9.17) is 16.3 Å². The number of ether oxygens (including phenoxy) is 1. The van der Waals surface area contributed by atoms with E-state index in [1.807, 2.05) is 30.3 Å². The summed E-state index contributed by atoms with van der Waals surface area (Å²) in [5, 5.41) is 0. The fourth-order valence-corrected chi connectivity index (χ4v) is 1.78. The van der Waals surface area contributed by atoms with Gasteiger partial charge in [0.15, 0.2) is 0 Å². The summed E-state index contributed by atoms with van der Waals surface area (Å²) in [6, 6.07) is 9.45. The summed E-state index contributed by atoms with van der Waals surface area (Å²) in [5.74, 6) is 0. The molecule has 0 bridgehead atoms. The molecule has 0 aliphatic heterocycles. The first-order valence-electron chi connectivity index (χ1n) is 5.66. The molecule has 0 fully saturated rings. The maximum absolute atomic E-state index is 12.2. The van der Waals surface area contributed by atoms with E-state index >= 15 is 0 Å². The molecule has 0 aromatic heterocycles. The molecule has 0 heterocycles. The highest BCUT2D eigenvalue weighted by Gasteiger charge is 2.37. The molecule has 1 aromatic carbocycles. The van der Waals surface area contributed by atoms with Gasteiger partial charge in [-0.2, -0.15) is 13.2 Å². The number of benzene rings is 1. The van der Waals surface area contributed by atoms with Crippen LogP contribution in [-0.2, 0) is 11.3 Å². The largest absolute Gasteiger partial charge is 0.390 e. The van der Waals surface area contributed by atoms with Crippen molar-refractivity contribution in [2.45, 2.75) is 37.4 Å². The normalized spacial score (nSPS) is 15.4. The minimum absolute atomic E-state index is 0.168. The SMILES string of the molecule is CC(Cl)(CCOCc1ccccc1)CC(F)(F)F. The monoisotopic (exact) mass is 280 g/mol. The van der Waals surface area contributed by atoms with E-state index in [0.717, 1.165) is 5.56 Å². The Balaban J connectivity index is 2.25. The standard InChI is InChI=1S/C13H16ClF3O/c1-12(14,10-13(15,16)17)7-8-18-9-11-5-3-2-4-6-11/h2-6H,7-10H2,1H3. The van der Waals surface area contributed by atoms with Gasteiger partial charge >= 0.3 is 6.18 Å². The van der Waals surface area contributed by atoms with Gasteiger partial charge in [0.1, 0.15) is 0 Å². The molecule has 1 aromatic rings. The average Bonchev–Trinajstić information content (AvgIpc) is 2.23. The van der Waals surface area contributed by atoms with Gasteiger partial charge in [-0.3, -0.25) is 0 Å². The van der Waals surface area contributed by atoms with E-state index in [0.29, 0.717) is 6.61 Å². The summed E-state index contributed by atoms with van der Waals surface area (Å²) in [6.45, 7) is 1.98. The highest BCUT2D eigenvalue weighted by molar-refractivity contribution is 6.23. The van der Waals surface area contributed by atoms with Crippen LogP contribution in [0.4, 0.5) is 13.2 Å². The zero-order valence-corrected chi connectivity index (χ0v) is 10.9. The first-order valence-corrected chi connectivity index (χ1v) is 6.04. The van der Waals surface area contributed by atoms with Crippen molar-refractivity contribution >= 4 is 11.6 Å². The molecule has 0 radical (unpaired) electrons. The Labute approximate surface area is 110 Å². The van der Waals surface area contributed by atoms with Gasteiger partial charge < -0.3 is 4.74 Å².